The third-order valence-electron chi connectivity index (χ3n) is 4.96. The van der Waals surface area contributed by atoms with Gasteiger partial charge in [0.05, 0.1) is 11.4 Å². The fourth-order valence-corrected chi connectivity index (χ4v) is 2.69. The molecule has 0 saturated carbocycles. The molecule has 1 aromatic carbocycles. The summed E-state index contributed by atoms with van der Waals surface area (Å²) in [7, 11) is 0. The van der Waals surface area contributed by atoms with E-state index in [1.165, 1.54) is 60.6 Å². The van der Waals surface area contributed by atoms with Crippen molar-refractivity contribution < 1.29 is 24.0 Å². The maximum absolute atomic E-state index is 13.0. The van der Waals surface area contributed by atoms with Crippen LogP contribution in [0.25, 0.3) is 0 Å². The van der Waals surface area contributed by atoms with E-state index in [1.54, 1.807) is 6.07 Å². The molecule has 168 valence electrons. The first-order chi connectivity index (χ1) is 14.1. The highest BCUT2D eigenvalue weighted by molar-refractivity contribution is 6.11. The summed E-state index contributed by atoms with van der Waals surface area (Å²) in [5, 5.41) is 13.2. The molecule has 1 aromatic rings. The lowest BCUT2D eigenvalue weighted by atomic mass is 9.88. The summed E-state index contributed by atoms with van der Waals surface area (Å²) < 4.78 is 0. The molecule has 10 nitrogen and oxygen atoms in total. The van der Waals surface area contributed by atoms with E-state index < -0.39 is 40.1 Å². The Bertz CT molecular complexity index is 965. The van der Waals surface area contributed by atoms with Gasteiger partial charge in [-0.15, -0.1) is 0 Å². The van der Waals surface area contributed by atoms with Crippen LogP contribution in [0.15, 0.2) is 18.2 Å². The molecule has 0 bridgehead atoms. The van der Waals surface area contributed by atoms with E-state index in [-0.39, 0.29) is 17.3 Å². The molecule has 10 heteroatoms. The fourth-order valence-electron chi connectivity index (χ4n) is 2.69. The van der Waals surface area contributed by atoms with Crippen LogP contribution in [0.3, 0.4) is 0 Å². The van der Waals surface area contributed by atoms with Gasteiger partial charge < -0.3 is 26.6 Å². The summed E-state index contributed by atoms with van der Waals surface area (Å²) in [5.74, 6) is -2.78. The molecule has 1 aliphatic rings. The number of benzene rings is 1. The van der Waals surface area contributed by atoms with Crippen LogP contribution >= 0.6 is 0 Å². The van der Waals surface area contributed by atoms with Crippen LogP contribution in [0.2, 0.25) is 0 Å². The van der Waals surface area contributed by atoms with Gasteiger partial charge in [0.15, 0.2) is 0 Å². The van der Waals surface area contributed by atoms with Crippen molar-refractivity contribution in [2.24, 2.45) is 5.41 Å². The Morgan fingerprint density at radius 2 is 1.19 bits per heavy atom. The predicted octanol–water partition coefficient (Wildman–Crippen LogP) is 1.35. The van der Waals surface area contributed by atoms with E-state index in [0.717, 1.165) is 0 Å². The van der Waals surface area contributed by atoms with Crippen LogP contribution in [-0.4, -0.2) is 40.6 Å². The number of carbonyl (C=O) groups is 5. The number of hydrogen-bond donors (Lipinski definition) is 5. The molecule has 1 heterocycles. The Morgan fingerprint density at radius 3 is 1.65 bits per heavy atom. The summed E-state index contributed by atoms with van der Waals surface area (Å²) in [6, 6.07) is 4.57. The van der Waals surface area contributed by atoms with Crippen molar-refractivity contribution in [3.8, 4) is 0 Å². The Morgan fingerprint density at radius 1 is 0.742 bits per heavy atom. The number of hydrogen-bond acceptors (Lipinski definition) is 5. The number of carbonyl (C=O) groups excluding carboxylic acids is 5. The van der Waals surface area contributed by atoms with Crippen LogP contribution in [-0.2, 0) is 24.0 Å². The quantitative estimate of drug-likeness (QED) is 0.426. The van der Waals surface area contributed by atoms with Gasteiger partial charge in [0.1, 0.15) is 16.5 Å². The molecule has 31 heavy (non-hydrogen) atoms. The smallest absolute Gasteiger partial charge is 0.249 e. The lowest BCUT2D eigenvalue weighted by Crippen LogP contribution is -2.61. The van der Waals surface area contributed by atoms with Crippen molar-refractivity contribution in [1.82, 2.24) is 10.6 Å². The van der Waals surface area contributed by atoms with Crippen LogP contribution in [0.5, 0.6) is 0 Å². The second-order valence-electron chi connectivity index (χ2n) is 9.13. The average Bonchev–Trinajstić information content (AvgIpc) is 2.61. The normalized spacial score (nSPS) is 20.4. The monoisotopic (exact) mass is 431 g/mol. The summed E-state index contributed by atoms with van der Waals surface area (Å²) in [6.45, 7) is 10.2. The lowest BCUT2D eigenvalue weighted by molar-refractivity contribution is -0.145. The van der Waals surface area contributed by atoms with Crippen molar-refractivity contribution >= 4 is 46.6 Å². The van der Waals surface area contributed by atoms with Crippen molar-refractivity contribution in [2.75, 3.05) is 16.0 Å². The number of fused-ring (bicyclic) bond motifs is 1. The van der Waals surface area contributed by atoms with Crippen LogP contribution in [0, 0.1) is 5.41 Å². The van der Waals surface area contributed by atoms with Gasteiger partial charge in [-0.2, -0.15) is 0 Å². The van der Waals surface area contributed by atoms with Gasteiger partial charge in [0.25, 0.3) is 0 Å². The Labute approximate surface area is 180 Å². The molecular weight excluding hydrogens is 402 g/mol. The predicted molar refractivity (Wildman–Crippen MR) is 116 cm³/mol. The zero-order valence-electron chi connectivity index (χ0n) is 18.8. The van der Waals surface area contributed by atoms with E-state index in [4.69, 9.17) is 0 Å². The highest BCUT2D eigenvalue weighted by Crippen LogP contribution is 2.29. The minimum Gasteiger partial charge on any atom is -0.341 e. The number of rotatable bonds is 1. The molecule has 0 fully saturated rings. The minimum absolute atomic E-state index is 0.215. The summed E-state index contributed by atoms with van der Waals surface area (Å²) in [4.78, 5) is 62.9. The van der Waals surface area contributed by atoms with Gasteiger partial charge in [0, 0.05) is 12.6 Å². The van der Waals surface area contributed by atoms with E-state index in [1.807, 2.05) is 0 Å². The van der Waals surface area contributed by atoms with E-state index in [2.05, 4.69) is 26.6 Å². The minimum atomic E-state index is -1.55. The van der Waals surface area contributed by atoms with Gasteiger partial charge in [0.2, 0.25) is 29.5 Å². The first-order valence-electron chi connectivity index (χ1n) is 9.76. The van der Waals surface area contributed by atoms with Gasteiger partial charge in [-0.05, 0) is 59.7 Å². The zero-order valence-corrected chi connectivity index (χ0v) is 18.8. The second-order valence-corrected chi connectivity index (χ2v) is 9.13. The van der Waals surface area contributed by atoms with Crippen molar-refractivity contribution in [3.63, 3.8) is 0 Å². The average molecular weight is 431 g/mol. The van der Waals surface area contributed by atoms with Crippen LogP contribution in [0.1, 0.15) is 48.5 Å². The molecule has 0 atom stereocenters. The number of amides is 5. The van der Waals surface area contributed by atoms with Crippen molar-refractivity contribution in [3.05, 3.63) is 18.2 Å². The van der Waals surface area contributed by atoms with Crippen LogP contribution < -0.4 is 26.6 Å². The summed E-state index contributed by atoms with van der Waals surface area (Å²) >= 11 is 0. The molecule has 5 amide bonds. The largest absolute Gasteiger partial charge is 0.341 e. The lowest BCUT2D eigenvalue weighted by Gasteiger charge is -2.32. The van der Waals surface area contributed by atoms with Gasteiger partial charge in [-0.3, -0.25) is 24.0 Å². The topological polar surface area (TPSA) is 146 Å². The number of nitrogens with one attached hydrogen (secondary N) is 5. The van der Waals surface area contributed by atoms with Gasteiger partial charge in [-0.25, -0.2) is 0 Å². The number of anilines is 3. The van der Waals surface area contributed by atoms with Crippen molar-refractivity contribution in [1.29, 1.82) is 0 Å². The molecular formula is C21H29N5O5. The first kappa shape index (κ1) is 23.8. The maximum Gasteiger partial charge on any atom is 0.249 e. The molecule has 0 radical (unpaired) electrons. The molecule has 0 saturated heterocycles. The molecule has 5 N–H and O–H groups in total. The van der Waals surface area contributed by atoms with E-state index in [0.29, 0.717) is 5.69 Å². The second kappa shape index (κ2) is 8.01. The van der Waals surface area contributed by atoms with Gasteiger partial charge in [-0.1, -0.05) is 0 Å². The van der Waals surface area contributed by atoms with E-state index in [9.17, 15) is 24.0 Å². The van der Waals surface area contributed by atoms with Crippen LogP contribution in [0.4, 0.5) is 17.1 Å². The van der Waals surface area contributed by atoms with Gasteiger partial charge >= 0.3 is 0 Å². The third kappa shape index (κ3) is 5.19. The molecule has 0 aromatic heterocycles. The molecule has 0 aliphatic carbocycles. The maximum atomic E-state index is 13.0. The van der Waals surface area contributed by atoms with E-state index >= 15 is 0 Å². The Balaban J connectivity index is 2.59. The standard InChI is InChI=1S/C21H29N5O5/c1-11(27)22-12-8-9-13-14(10-12)24-18(31)21(6,7)26-16(29)19(2,3)15(28)25-20(4,5)17(30)23-13/h8-10H,1-7H3,(H,22,27)(H,23,30)(H,24,31)(H,25,28)(H,26,29). The molecule has 0 spiro atoms. The third-order valence-corrected chi connectivity index (χ3v) is 4.96. The van der Waals surface area contributed by atoms with Crippen molar-refractivity contribution in [2.45, 2.75) is 59.5 Å². The summed E-state index contributed by atoms with van der Waals surface area (Å²) in [5.41, 5.74) is -3.42. The fraction of sp³-hybridized carbons (Fsp3) is 0.476. The highest BCUT2D eigenvalue weighted by atomic mass is 16.2. The first-order valence-corrected chi connectivity index (χ1v) is 9.76. The zero-order chi connectivity index (χ0) is 23.8. The molecule has 1 aliphatic heterocycles. The Kier molecular flexibility index (Phi) is 6.16. The SMILES string of the molecule is CC(=O)Nc1ccc2c(c1)NC(=O)C(C)(C)NC(=O)C(C)(C)C(=O)NC(C)(C)C(=O)N2. The molecule has 0 unspecified atom stereocenters. The molecule has 2 rings (SSSR count). The highest BCUT2D eigenvalue weighted by Gasteiger charge is 2.44. The Hall–Kier alpha value is -3.43. The summed E-state index contributed by atoms with van der Waals surface area (Å²) in [6.07, 6.45) is 0.